The van der Waals surface area contributed by atoms with E-state index in [9.17, 15) is 4.39 Å². The largest absolute Gasteiger partial charge is 0.327 e. The Kier molecular flexibility index (Phi) is 2.98. The molecule has 4 fully saturated rings. The molecule has 4 bridgehead atoms. The van der Waals surface area contributed by atoms with E-state index in [-0.39, 0.29) is 11.9 Å². The zero-order chi connectivity index (χ0) is 14.7. The van der Waals surface area contributed by atoms with Crippen molar-refractivity contribution in [1.29, 1.82) is 0 Å². The highest BCUT2D eigenvalue weighted by Crippen LogP contribution is 2.66. The second-order valence-corrected chi connectivity index (χ2v) is 8.57. The summed E-state index contributed by atoms with van der Waals surface area (Å²) in [7, 11) is 0. The van der Waals surface area contributed by atoms with Crippen LogP contribution in [0.4, 0.5) is 4.39 Å². The molecule has 0 aromatic heterocycles. The molecule has 1 aromatic rings. The topological polar surface area (TPSA) is 26.0 Å². The van der Waals surface area contributed by atoms with Gasteiger partial charge in [-0.15, -0.1) is 0 Å². The minimum absolute atomic E-state index is 0.158. The summed E-state index contributed by atoms with van der Waals surface area (Å²) in [6.07, 6.45) is 9.18. The van der Waals surface area contributed by atoms with Crippen LogP contribution in [0.3, 0.4) is 0 Å². The maximum atomic E-state index is 13.1. The van der Waals surface area contributed by atoms with Crippen molar-refractivity contribution in [1.82, 2.24) is 0 Å². The highest BCUT2D eigenvalue weighted by molar-refractivity contribution is 5.19. The van der Waals surface area contributed by atoms with Gasteiger partial charge in [0.1, 0.15) is 5.82 Å². The van der Waals surface area contributed by atoms with Crippen LogP contribution in [0.1, 0.15) is 51.0 Å². The lowest BCUT2D eigenvalue weighted by atomic mass is 9.43. The van der Waals surface area contributed by atoms with Gasteiger partial charge in [0.25, 0.3) is 0 Å². The molecule has 4 aliphatic carbocycles. The summed E-state index contributed by atoms with van der Waals surface area (Å²) in [5, 5.41) is 0. The molecule has 114 valence electrons. The van der Waals surface area contributed by atoms with Gasteiger partial charge in [-0.05, 0) is 85.3 Å². The summed E-state index contributed by atoms with van der Waals surface area (Å²) in [6.45, 7) is 2.49. The van der Waals surface area contributed by atoms with Gasteiger partial charge in [0, 0.05) is 6.04 Å². The lowest BCUT2D eigenvalue weighted by molar-refractivity contribution is -0.112. The molecule has 0 spiro atoms. The Morgan fingerprint density at radius 3 is 2.33 bits per heavy atom. The zero-order valence-electron chi connectivity index (χ0n) is 12.9. The van der Waals surface area contributed by atoms with Crippen LogP contribution < -0.4 is 5.73 Å². The summed E-state index contributed by atoms with van der Waals surface area (Å²) in [5.74, 6) is 1.67. The summed E-state index contributed by atoms with van der Waals surface area (Å²) in [4.78, 5) is 0. The first-order valence-corrected chi connectivity index (χ1v) is 8.46. The van der Waals surface area contributed by atoms with Gasteiger partial charge in [0.05, 0.1) is 0 Å². The average molecular weight is 287 g/mol. The second-order valence-electron chi connectivity index (χ2n) is 8.57. The SMILES string of the molecule is CC12CC3CC(C1)CC(C(N)Cc1ccc(F)cc1)(C3)C2. The Morgan fingerprint density at radius 2 is 1.76 bits per heavy atom. The van der Waals surface area contributed by atoms with Crippen molar-refractivity contribution < 1.29 is 4.39 Å². The van der Waals surface area contributed by atoms with E-state index in [1.807, 2.05) is 12.1 Å². The minimum atomic E-state index is -0.158. The van der Waals surface area contributed by atoms with Crippen LogP contribution in [0.2, 0.25) is 0 Å². The van der Waals surface area contributed by atoms with Crippen molar-refractivity contribution in [3.8, 4) is 0 Å². The summed E-state index contributed by atoms with van der Waals surface area (Å²) in [5.41, 5.74) is 8.79. The highest BCUT2D eigenvalue weighted by Gasteiger charge is 2.57. The van der Waals surface area contributed by atoms with Crippen LogP contribution in [0.5, 0.6) is 0 Å². The van der Waals surface area contributed by atoms with Gasteiger partial charge in [0.2, 0.25) is 0 Å². The van der Waals surface area contributed by atoms with Crippen molar-refractivity contribution in [3.63, 3.8) is 0 Å². The highest BCUT2D eigenvalue weighted by atomic mass is 19.1. The van der Waals surface area contributed by atoms with E-state index in [0.29, 0.717) is 10.8 Å². The van der Waals surface area contributed by atoms with Crippen LogP contribution in [0.25, 0.3) is 0 Å². The van der Waals surface area contributed by atoms with E-state index in [2.05, 4.69) is 6.92 Å². The molecular weight excluding hydrogens is 261 g/mol. The van der Waals surface area contributed by atoms with E-state index in [4.69, 9.17) is 5.73 Å². The van der Waals surface area contributed by atoms with E-state index in [1.165, 1.54) is 44.1 Å². The predicted octanol–water partition coefficient (Wildman–Crippen LogP) is 4.30. The lowest BCUT2D eigenvalue weighted by Gasteiger charge is -2.63. The van der Waals surface area contributed by atoms with E-state index < -0.39 is 0 Å². The maximum absolute atomic E-state index is 13.1. The monoisotopic (exact) mass is 287 g/mol. The molecule has 3 atom stereocenters. The molecule has 0 radical (unpaired) electrons. The summed E-state index contributed by atoms with van der Waals surface area (Å²) in [6, 6.07) is 7.15. The summed E-state index contributed by atoms with van der Waals surface area (Å²) < 4.78 is 13.1. The molecule has 5 rings (SSSR count). The number of halogens is 1. The molecule has 21 heavy (non-hydrogen) atoms. The number of nitrogens with two attached hydrogens (primary N) is 1. The quantitative estimate of drug-likeness (QED) is 0.881. The molecule has 2 N–H and O–H groups in total. The molecule has 2 heteroatoms. The van der Waals surface area contributed by atoms with Crippen molar-refractivity contribution in [3.05, 3.63) is 35.6 Å². The van der Waals surface area contributed by atoms with Crippen molar-refractivity contribution in [2.45, 2.75) is 57.9 Å². The normalized spacial score (nSPS) is 42.2. The molecule has 3 unspecified atom stereocenters. The number of benzene rings is 1. The fourth-order valence-corrected chi connectivity index (χ4v) is 6.32. The third kappa shape index (κ3) is 2.32. The molecule has 1 nitrogen and oxygen atoms in total. The fourth-order valence-electron chi connectivity index (χ4n) is 6.32. The number of hydrogen-bond acceptors (Lipinski definition) is 1. The van der Waals surface area contributed by atoms with Gasteiger partial charge in [0.15, 0.2) is 0 Å². The molecule has 1 aromatic carbocycles. The van der Waals surface area contributed by atoms with E-state index >= 15 is 0 Å². The van der Waals surface area contributed by atoms with Gasteiger partial charge >= 0.3 is 0 Å². The molecule has 0 aliphatic heterocycles. The summed E-state index contributed by atoms with van der Waals surface area (Å²) >= 11 is 0. The Labute approximate surface area is 127 Å². The molecule has 0 amide bonds. The second kappa shape index (κ2) is 4.55. The third-order valence-corrected chi connectivity index (χ3v) is 6.55. The third-order valence-electron chi connectivity index (χ3n) is 6.55. The van der Waals surface area contributed by atoms with Crippen molar-refractivity contribution >= 4 is 0 Å². The number of rotatable bonds is 3. The standard InChI is InChI=1S/C19H26FN/c1-18-8-14-6-15(9-18)11-19(10-14,12-18)17(21)7-13-2-4-16(20)5-3-13/h2-5,14-15,17H,6-12,21H2,1H3. The van der Waals surface area contributed by atoms with Gasteiger partial charge in [-0.3, -0.25) is 0 Å². The zero-order valence-corrected chi connectivity index (χ0v) is 12.9. The van der Waals surface area contributed by atoms with Crippen LogP contribution in [-0.2, 0) is 6.42 Å². The van der Waals surface area contributed by atoms with Crippen LogP contribution in [0.15, 0.2) is 24.3 Å². The van der Waals surface area contributed by atoms with Crippen LogP contribution in [0, 0.1) is 28.5 Å². The van der Waals surface area contributed by atoms with Gasteiger partial charge in [-0.1, -0.05) is 19.1 Å². The Hall–Kier alpha value is -0.890. The van der Waals surface area contributed by atoms with Gasteiger partial charge in [-0.2, -0.15) is 0 Å². The Morgan fingerprint density at radius 1 is 1.14 bits per heavy atom. The van der Waals surface area contributed by atoms with Crippen molar-refractivity contribution in [2.75, 3.05) is 0 Å². The average Bonchev–Trinajstić information content (AvgIpc) is 2.38. The predicted molar refractivity (Wildman–Crippen MR) is 83.3 cm³/mol. The Balaban J connectivity index is 1.56. The molecule has 4 aliphatic rings. The van der Waals surface area contributed by atoms with Crippen LogP contribution in [-0.4, -0.2) is 6.04 Å². The smallest absolute Gasteiger partial charge is 0.123 e. The maximum Gasteiger partial charge on any atom is 0.123 e. The Bertz CT molecular complexity index is 521. The first-order valence-electron chi connectivity index (χ1n) is 8.46. The fraction of sp³-hybridized carbons (Fsp3) is 0.684. The minimum Gasteiger partial charge on any atom is -0.327 e. The van der Waals surface area contributed by atoms with Gasteiger partial charge < -0.3 is 5.73 Å². The van der Waals surface area contributed by atoms with Crippen LogP contribution >= 0.6 is 0 Å². The van der Waals surface area contributed by atoms with E-state index in [0.717, 1.165) is 18.3 Å². The van der Waals surface area contributed by atoms with Gasteiger partial charge in [-0.25, -0.2) is 4.39 Å². The molecule has 0 heterocycles. The number of hydrogen-bond donors (Lipinski definition) is 1. The van der Waals surface area contributed by atoms with Crippen molar-refractivity contribution in [2.24, 2.45) is 28.4 Å². The lowest BCUT2D eigenvalue weighted by Crippen LogP contribution is -2.58. The molecular formula is C19H26FN. The van der Waals surface area contributed by atoms with E-state index in [1.54, 1.807) is 12.1 Å². The first kappa shape index (κ1) is 13.8. The molecule has 0 saturated heterocycles. The molecule has 4 saturated carbocycles. The first-order chi connectivity index (χ1) is 9.96.